The van der Waals surface area contributed by atoms with Gasteiger partial charge in [-0.15, -0.1) is 0 Å². The zero-order valence-electron chi connectivity index (χ0n) is 6.89. The minimum atomic E-state index is -1.34. The van der Waals surface area contributed by atoms with Crippen LogP contribution in [0.4, 0.5) is 18.9 Å². The first-order chi connectivity index (χ1) is 6.54. The predicted octanol–water partition coefficient (Wildman–Crippen LogP) is 0.513. The first kappa shape index (κ1) is 10.3. The van der Waals surface area contributed by atoms with Crippen LogP contribution in [0.1, 0.15) is 0 Å². The summed E-state index contributed by atoms with van der Waals surface area (Å²) in [5, 5.41) is 0. The zero-order chi connectivity index (χ0) is 10.7. The minimum absolute atomic E-state index is 0.353. The van der Waals surface area contributed by atoms with E-state index in [0.29, 0.717) is 12.1 Å². The average Bonchev–Trinajstić information content (AvgIpc) is 2.13. The van der Waals surface area contributed by atoms with E-state index in [1.54, 1.807) is 0 Å². The molecule has 0 saturated carbocycles. The molecule has 5 N–H and O–H groups in total. The Hall–Kier alpha value is -1.76. The molecule has 0 fully saturated rings. The molecule has 0 amide bonds. The second-order valence-electron chi connectivity index (χ2n) is 2.36. The van der Waals surface area contributed by atoms with E-state index in [1.165, 1.54) is 0 Å². The van der Waals surface area contributed by atoms with Crippen LogP contribution in [0.3, 0.4) is 0 Å². The number of hydrogen-bond acceptors (Lipinski definition) is 2. The summed E-state index contributed by atoms with van der Waals surface area (Å²) in [5.41, 5.74) is 6.41. The fourth-order valence-electron chi connectivity index (χ4n) is 0.786. The molecule has 7 heteroatoms. The molecule has 0 aromatic heterocycles. The van der Waals surface area contributed by atoms with Gasteiger partial charge in [-0.25, -0.2) is 24.0 Å². The summed E-state index contributed by atoms with van der Waals surface area (Å²) in [6.07, 6.45) is 0. The van der Waals surface area contributed by atoms with Crippen LogP contribution >= 0.6 is 0 Å². The molecule has 0 aliphatic carbocycles. The molecule has 0 aliphatic heterocycles. The third kappa shape index (κ3) is 2.13. The molecule has 0 unspecified atom stereocenters. The van der Waals surface area contributed by atoms with E-state index in [-0.39, 0.29) is 5.96 Å². The number of guanidine groups is 1. The maximum atomic E-state index is 12.9. The van der Waals surface area contributed by atoms with Gasteiger partial charge in [-0.3, -0.25) is 5.43 Å². The third-order valence-corrected chi connectivity index (χ3v) is 1.36. The summed E-state index contributed by atoms with van der Waals surface area (Å²) in [4.78, 5) is 3.30. The molecule has 14 heavy (non-hydrogen) atoms. The van der Waals surface area contributed by atoms with Crippen molar-refractivity contribution in [3.8, 4) is 0 Å². The molecule has 0 heterocycles. The molecule has 0 aliphatic rings. The minimum Gasteiger partial charge on any atom is -0.369 e. The van der Waals surface area contributed by atoms with E-state index in [1.807, 2.05) is 5.43 Å². The highest BCUT2D eigenvalue weighted by Gasteiger charge is 2.10. The van der Waals surface area contributed by atoms with Gasteiger partial charge < -0.3 is 5.73 Å². The summed E-state index contributed by atoms with van der Waals surface area (Å²) in [7, 11) is 0. The SMILES string of the molecule is NNC(N)=Nc1cc(F)cc(F)c1F. The number of hydrogen-bond donors (Lipinski definition) is 3. The van der Waals surface area contributed by atoms with Crippen LogP contribution in [-0.2, 0) is 0 Å². The van der Waals surface area contributed by atoms with Gasteiger partial charge in [0, 0.05) is 12.1 Å². The number of aliphatic imine (C=N–C) groups is 1. The fourth-order valence-corrected chi connectivity index (χ4v) is 0.786. The summed E-state index contributed by atoms with van der Waals surface area (Å²) in [6.45, 7) is 0. The van der Waals surface area contributed by atoms with Crippen molar-refractivity contribution in [1.29, 1.82) is 0 Å². The molecular weight excluding hydrogens is 197 g/mol. The van der Waals surface area contributed by atoms with Crippen molar-refractivity contribution in [3.05, 3.63) is 29.6 Å². The quantitative estimate of drug-likeness (QED) is 0.205. The summed E-state index contributed by atoms with van der Waals surface area (Å²) in [6, 6.07) is 1.10. The van der Waals surface area contributed by atoms with E-state index >= 15 is 0 Å². The summed E-state index contributed by atoms with van der Waals surface area (Å²) in [5.74, 6) is 0.899. The first-order valence-corrected chi connectivity index (χ1v) is 3.50. The number of hydrazine groups is 1. The largest absolute Gasteiger partial charge is 0.369 e. The molecule has 76 valence electrons. The average molecular weight is 204 g/mol. The highest BCUT2D eigenvalue weighted by Crippen LogP contribution is 2.21. The molecule has 1 rings (SSSR count). The molecule has 0 spiro atoms. The Morgan fingerprint density at radius 1 is 1.29 bits per heavy atom. The Balaban J connectivity index is 3.21. The van der Waals surface area contributed by atoms with E-state index in [0.717, 1.165) is 0 Å². The third-order valence-electron chi connectivity index (χ3n) is 1.36. The van der Waals surface area contributed by atoms with E-state index in [9.17, 15) is 13.2 Å². The van der Waals surface area contributed by atoms with Crippen molar-refractivity contribution in [2.24, 2.45) is 16.6 Å². The Morgan fingerprint density at radius 2 is 1.93 bits per heavy atom. The standard InChI is InChI=1S/C7H7F3N4/c8-3-1-4(9)6(10)5(2-3)13-7(11)14-12/h1-2H,12H2,(H3,11,13,14). The van der Waals surface area contributed by atoms with Gasteiger partial charge in [-0.05, 0) is 0 Å². The first-order valence-electron chi connectivity index (χ1n) is 3.50. The lowest BCUT2D eigenvalue weighted by Gasteiger charge is -2.01. The van der Waals surface area contributed by atoms with Crippen LogP contribution in [0, 0.1) is 17.5 Å². The lowest BCUT2D eigenvalue weighted by molar-refractivity contribution is 0.497. The van der Waals surface area contributed by atoms with Gasteiger partial charge in [0.2, 0.25) is 5.96 Å². The number of nitrogens with zero attached hydrogens (tertiary/aromatic N) is 1. The van der Waals surface area contributed by atoms with Crippen LogP contribution in [-0.4, -0.2) is 5.96 Å². The van der Waals surface area contributed by atoms with E-state index < -0.39 is 23.1 Å². The molecule has 4 nitrogen and oxygen atoms in total. The number of benzene rings is 1. The molecule has 0 radical (unpaired) electrons. The van der Waals surface area contributed by atoms with Gasteiger partial charge in [0.25, 0.3) is 0 Å². The van der Waals surface area contributed by atoms with Crippen LogP contribution in [0.25, 0.3) is 0 Å². The van der Waals surface area contributed by atoms with Crippen molar-refractivity contribution in [2.45, 2.75) is 0 Å². The molecule has 1 aromatic carbocycles. The molecule has 0 saturated heterocycles. The zero-order valence-corrected chi connectivity index (χ0v) is 6.89. The molecular formula is C7H7F3N4. The molecule has 0 atom stereocenters. The van der Waals surface area contributed by atoms with E-state index in [4.69, 9.17) is 11.6 Å². The second kappa shape index (κ2) is 3.97. The summed E-state index contributed by atoms with van der Waals surface area (Å²) < 4.78 is 38.1. The Morgan fingerprint density at radius 3 is 2.50 bits per heavy atom. The number of nitrogens with two attached hydrogens (primary N) is 2. The van der Waals surface area contributed by atoms with Gasteiger partial charge in [0.05, 0.1) is 0 Å². The lowest BCUT2D eigenvalue weighted by atomic mass is 10.3. The van der Waals surface area contributed by atoms with Crippen molar-refractivity contribution in [3.63, 3.8) is 0 Å². The molecule has 1 aromatic rings. The second-order valence-corrected chi connectivity index (χ2v) is 2.36. The predicted molar refractivity (Wildman–Crippen MR) is 44.9 cm³/mol. The van der Waals surface area contributed by atoms with E-state index in [2.05, 4.69) is 4.99 Å². The van der Waals surface area contributed by atoms with Gasteiger partial charge in [0.15, 0.2) is 11.6 Å². The van der Waals surface area contributed by atoms with Crippen molar-refractivity contribution < 1.29 is 13.2 Å². The highest BCUT2D eigenvalue weighted by molar-refractivity contribution is 5.80. The number of nitrogens with one attached hydrogen (secondary N) is 1. The van der Waals surface area contributed by atoms with Crippen LogP contribution in [0.2, 0.25) is 0 Å². The maximum absolute atomic E-state index is 12.9. The van der Waals surface area contributed by atoms with Crippen molar-refractivity contribution in [2.75, 3.05) is 0 Å². The van der Waals surface area contributed by atoms with Gasteiger partial charge in [-0.2, -0.15) is 0 Å². The Labute approximate surface area is 77.4 Å². The fraction of sp³-hybridized carbons (Fsp3) is 0. The van der Waals surface area contributed by atoms with Crippen LogP contribution in [0.5, 0.6) is 0 Å². The normalized spacial score (nSPS) is 11.6. The topological polar surface area (TPSA) is 76.4 Å². The maximum Gasteiger partial charge on any atom is 0.208 e. The van der Waals surface area contributed by atoms with Gasteiger partial charge in [0.1, 0.15) is 11.5 Å². The summed E-state index contributed by atoms with van der Waals surface area (Å²) >= 11 is 0. The van der Waals surface area contributed by atoms with Crippen molar-refractivity contribution >= 4 is 11.6 Å². The highest BCUT2D eigenvalue weighted by atomic mass is 19.2. The lowest BCUT2D eigenvalue weighted by Crippen LogP contribution is -2.36. The smallest absolute Gasteiger partial charge is 0.208 e. The van der Waals surface area contributed by atoms with Crippen LogP contribution in [0.15, 0.2) is 17.1 Å². The number of halogens is 3. The van der Waals surface area contributed by atoms with Crippen LogP contribution < -0.4 is 17.0 Å². The molecule has 0 bridgehead atoms. The monoisotopic (exact) mass is 204 g/mol. The van der Waals surface area contributed by atoms with Gasteiger partial charge >= 0.3 is 0 Å². The Bertz CT molecular complexity index is 377. The van der Waals surface area contributed by atoms with Crippen molar-refractivity contribution in [1.82, 2.24) is 5.43 Å². The Kier molecular flexibility index (Phi) is 2.92. The van der Waals surface area contributed by atoms with Gasteiger partial charge in [-0.1, -0.05) is 0 Å². The number of rotatable bonds is 1.